The van der Waals surface area contributed by atoms with Crippen molar-refractivity contribution in [2.24, 2.45) is 12.8 Å². The normalized spacial score (nSPS) is 14.6. The zero-order valence-electron chi connectivity index (χ0n) is 13.3. The number of carbonyl (C=O) groups is 1. The van der Waals surface area contributed by atoms with E-state index >= 15 is 0 Å². The van der Waals surface area contributed by atoms with Gasteiger partial charge in [-0.25, -0.2) is 0 Å². The molecule has 5 nitrogen and oxygen atoms in total. The Labute approximate surface area is 137 Å². The minimum atomic E-state index is -1.06. The van der Waals surface area contributed by atoms with Crippen molar-refractivity contribution in [3.8, 4) is 0 Å². The number of amides is 1. The molecule has 2 rings (SSSR count). The van der Waals surface area contributed by atoms with Crippen molar-refractivity contribution in [2.75, 3.05) is 0 Å². The first-order valence-electron chi connectivity index (χ1n) is 6.98. The molecule has 1 heterocycles. The van der Waals surface area contributed by atoms with Crippen LogP contribution in [-0.4, -0.2) is 15.7 Å². The molecule has 0 saturated heterocycles. The number of hydrogen-bond donors (Lipinski definition) is 2. The standard InChI is InChI=1S/C16H22N4O.ClH/c1-11(14-10-20(4)19-12(14)2)18-15(21)16(3,17)13-8-6-5-7-9-13;/h5-11H,17H2,1-4H3,(H,18,21);1H. The van der Waals surface area contributed by atoms with Crippen LogP contribution in [0.5, 0.6) is 0 Å². The lowest BCUT2D eigenvalue weighted by molar-refractivity contribution is -0.126. The van der Waals surface area contributed by atoms with E-state index in [9.17, 15) is 4.79 Å². The lowest BCUT2D eigenvalue weighted by atomic mass is 9.92. The summed E-state index contributed by atoms with van der Waals surface area (Å²) in [6, 6.07) is 9.24. The van der Waals surface area contributed by atoms with Crippen LogP contribution in [0.2, 0.25) is 0 Å². The van der Waals surface area contributed by atoms with E-state index in [0.29, 0.717) is 0 Å². The summed E-state index contributed by atoms with van der Waals surface area (Å²) in [7, 11) is 1.86. The number of nitrogens with one attached hydrogen (secondary N) is 1. The van der Waals surface area contributed by atoms with Crippen molar-refractivity contribution in [1.29, 1.82) is 0 Å². The van der Waals surface area contributed by atoms with Gasteiger partial charge in [-0.1, -0.05) is 30.3 Å². The molecule has 1 amide bonds. The minimum absolute atomic E-state index is 0. The molecular formula is C16H23ClN4O. The number of nitrogens with zero attached hydrogens (tertiary/aromatic N) is 2. The van der Waals surface area contributed by atoms with E-state index in [2.05, 4.69) is 10.4 Å². The van der Waals surface area contributed by atoms with Crippen LogP contribution in [0, 0.1) is 6.92 Å². The summed E-state index contributed by atoms with van der Waals surface area (Å²) >= 11 is 0. The first kappa shape index (κ1) is 18.2. The number of aryl methyl sites for hydroxylation is 2. The van der Waals surface area contributed by atoms with Crippen molar-refractivity contribution in [3.63, 3.8) is 0 Å². The third kappa shape index (κ3) is 3.67. The Balaban J connectivity index is 0.00000242. The van der Waals surface area contributed by atoms with Gasteiger partial charge in [-0.05, 0) is 26.3 Å². The van der Waals surface area contributed by atoms with Gasteiger partial charge in [-0.2, -0.15) is 5.10 Å². The summed E-state index contributed by atoms with van der Waals surface area (Å²) in [5, 5.41) is 7.27. The number of aromatic nitrogens is 2. The molecular weight excluding hydrogens is 300 g/mol. The molecule has 0 radical (unpaired) electrons. The summed E-state index contributed by atoms with van der Waals surface area (Å²) in [6.07, 6.45) is 1.91. The van der Waals surface area contributed by atoms with Gasteiger partial charge in [0.15, 0.2) is 0 Å². The maximum Gasteiger partial charge on any atom is 0.244 e. The van der Waals surface area contributed by atoms with Crippen LogP contribution in [-0.2, 0) is 17.4 Å². The van der Waals surface area contributed by atoms with E-state index in [4.69, 9.17) is 5.73 Å². The molecule has 0 aliphatic rings. The number of nitrogens with two attached hydrogens (primary N) is 1. The van der Waals surface area contributed by atoms with Gasteiger partial charge in [0.05, 0.1) is 11.7 Å². The second-order valence-corrected chi connectivity index (χ2v) is 5.61. The van der Waals surface area contributed by atoms with E-state index < -0.39 is 5.54 Å². The van der Waals surface area contributed by atoms with E-state index in [0.717, 1.165) is 16.8 Å². The van der Waals surface area contributed by atoms with Crippen LogP contribution in [0.4, 0.5) is 0 Å². The third-order valence-corrected chi connectivity index (χ3v) is 3.71. The van der Waals surface area contributed by atoms with Gasteiger partial charge in [-0.15, -0.1) is 12.4 Å². The maximum atomic E-state index is 12.5. The average Bonchev–Trinajstić information content (AvgIpc) is 2.78. The number of halogens is 1. The highest BCUT2D eigenvalue weighted by Crippen LogP contribution is 2.21. The van der Waals surface area contributed by atoms with Gasteiger partial charge in [-0.3, -0.25) is 9.48 Å². The molecule has 2 aromatic rings. The topological polar surface area (TPSA) is 72.9 Å². The van der Waals surface area contributed by atoms with E-state index in [1.807, 2.05) is 57.4 Å². The average molecular weight is 323 g/mol. The van der Waals surface area contributed by atoms with Crippen LogP contribution in [0.15, 0.2) is 36.5 Å². The molecule has 2 unspecified atom stereocenters. The lowest BCUT2D eigenvalue weighted by Gasteiger charge is -2.26. The van der Waals surface area contributed by atoms with Crippen LogP contribution in [0.3, 0.4) is 0 Å². The fourth-order valence-corrected chi connectivity index (χ4v) is 2.38. The maximum absolute atomic E-state index is 12.5. The number of carbonyl (C=O) groups excluding carboxylic acids is 1. The van der Waals surface area contributed by atoms with Crippen LogP contribution < -0.4 is 11.1 Å². The Kier molecular flexibility index (Phi) is 5.74. The Morgan fingerprint density at radius 2 is 1.95 bits per heavy atom. The Bertz CT molecular complexity index is 637. The molecule has 0 bridgehead atoms. The Morgan fingerprint density at radius 1 is 1.36 bits per heavy atom. The molecule has 0 fully saturated rings. The van der Waals surface area contributed by atoms with Gasteiger partial charge in [0, 0.05) is 18.8 Å². The molecule has 0 saturated carbocycles. The fraction of sp³-hybridized carbons (Fsp3) is 0.375. The SMILES string of the molecule is Cc1nn(C)cc1C(C)NC(=O)C(C)(N)c1ccccc1.Cl. The highest BCUT2D eigenvalue weighted by atomic mass is 35.5. The Morgan fingerprint density at radius 3 is 2.45 bits per heavy atom. The third-order valence-electron chi connectivity index (χ3n) is 3.71. The monoisotopic (exact) mass is 322 g/mol. The van der Waals surface area contributed by atoms with Gasteiger partial charge in [0.1, 0.15) is 5.54 Å². The first-order chi connectivity index (χ1) is 9.82. The first-order valence-corrected chi connectivity index (χ1v) is 6.98. The molecule has 0 aliphatic carbocycles. The van der Waals surface area contributed by atoms with Crippen molar-refractivity contribution >= 4 is 18.3 Å². The second-order valence-electron chi connectivity index (χ2n) is 5.61. The van der Waals surface area contributed by atoms with E-state index in [-0.39, 0.29) is 24.4 Å². The van der Waals surface area contributed by atoms with Crippen molar-refractivity contribution in [2.45, 2.75) is 32.4 Å². The van der Waals surface area contributed by atoms with Gasteiger partial charge >= 0.3 is 0 Å². The molecule has 3 N–H and O–H groups in total. The predicted octanol–water partition coefficient (Wildman–Crippen LogP) is 2.20. The highest BCUT2D eigenvalue weighted by molar-refractivity contribution is 5.87. The van der Waals surface area contributed by atoms with Crippen molar-refractivity contribution in [3.05, 3.63) is 53.3 Å². The fourth-order valence-electron chi connectivity index (χ4n) is 2.38. The summed E-state index contributed by atoms with van der Waals surface area (Å²) in [5.74, 6) is -0.204. The van der Waals surface area contributed by atoms with Crippen LogP contribution in [0.25, 0.3) is 0 Å². The molecule has 2 atom stereocenters. The lowest BCUT2D eigenvalue weighted by Crippen LogP contribution is -2.49. The summed E-state index contributed by atoms with van der Waals surface area (Å²) in [5.41, 5.74) is 7.85. The molecule has 6 heteroatoms. The zero-order chi connectivity index (χ0) is 15.6. The molecule has 0 spiro atoms. The molecule has 0 aliphatic heterocycles. The molecule has 1 aromatic carbocycles. The predicted molar refractivity (Wildman–Crippen MR) is 89.7 cm³/mol. The smallest absolute Gasteiger partial charge is 0.244 e. The van der Waals surface area contributed by atoms with Gasteiger partial charge < -0.3 is 11.1 Å². The van der Waals surface area contributed by atoms with E-state index in [1.165, 1.54) is 0 Å². The highest BCUT2D eigenvalue weighted by Gasteiger charge is 2.31. The second kappa shape index (κ2) is 6.94. The largest absolute Gasteiger partial charge is 0.348 e. The Hall–Kier alpha value is -1.85. The molecule has 22 heavy (non-hydrogen) atoms. The minimum Gasteiger partial charge on any atom is -0.348 e. The van der Waals surface area contributed by atoms with E-state index in [1.54, 1.807) is 11.6 Å². The van der Waals surface area contributed by atoms with Crippen molar-refractivity contribution in [1.82, 2.24) is 15.1 Å². The summed E-state index contributed by atoms with van der Waals surface area (Å²) in [4.78, 5) is 12.5. The number of rotatable bonds is 4. The van der Waals surface area contributed by atoms with Crippen LogP contribution in [0.1, 0.15) is 36.7 Å². The number of hydrogen-bond acceptors (Lipinski definition) is 3. The quantitative estimate of drug-likeness (QED) is 0.906. The summed E-state index contributed by atoms with van der Waals surface area (Å²) in [6.45, 7) is 5.58. The molecule has 120 valence electrons. The zero-order valence-corrected chi connectivity index (χ0v) is 14.1. The number of benzene rings is 1. The van der Waals surface area contributed by atoms with Crippen molar-refractivity contribution < 1.29 is 4.79 Å². The molecule has 1 aromatic heterocycles. The van der Waals surface area contributed by atoms with Gasteiger partial charge in [0.2, 0.25) is 5.91 Å². The summed E-state index contributed by atoms with van der Waals surface area (Å²) < 4.78 is 1.74. The van der Waals surface area contributed by atoms with Crippen LogP contribution >= 0.6 is 12.4 Å². The van der Waals surface area contributed by atoms with Gasteiger partial charge in [0.25, 0.3) is 0 Å².